The van der Waals surface area contributed by atoms with Crippen molar-refractivity contribution >= 4 is 34.7 Å². The number of ether oxygens (including phenoxy) is 1. The van der Waals surface area contributed by atoms with Crippen molar-refractivity contribution in [3.63, 3.8) is 0 Å². The molecule has 0 amide bonds. The molecule has 0 spiro atoms. The Morgan fingerprint density at radius 1 is 1.08 bits per heavy atom. The van der Waals surface area contributed by atoms with Crippen LogP contribution >= 0.6 is 23.2 Å². The average Bonchev–Trinajstić information content (AvgIpc) is 2.76. The van der Waals surface area contributed by atoms with Crippen LogP contribution in [0.15, 0.2) is 41.4 Å². The van der Waals surface area contributed by atoms with Crippen molar-refractivity contribution in [2.75, 3.05) is 0 Å². The van der Waals surface area contributed by atoms with E-state index in [4.69, 9.17) is 33.7 Å². The first-order valence-electron chi connectivity index (χ1n) is 7.82. The summed E-state index contributed by atoms with van der Waals surface area (Å²) in [5.74, 6) is 0.651. The van der Waals surface area contributed by atoms with Gasteiger partial charge in [-0.15, -0.1) is 0 Å². The van der Waals surface area contributed by atoms with Crippen LogP contribution in [-0.2, 0) is 5.60 Å². The van der Waals surface area contributed by atoms with Crippen LogP contribution in [0.2, 0.25) is 10.0 Å². The van der Waals surface area contributed by atoms with Gasteiger partial charge in [0.15, 0.2) is 5.60 Å². The van der Waals surface area contributed by atoms with Gasteiger partial charge in [-0.05, 0) is 55.7 Å². The van der Waals surface area contributed by atoms with Crippen molar-refractivity contribution < 1.29 is 9.84 Å². The summed E-state index contributed by atoms with van der Waals surface area (Å²) in [5.41, 5.74) is 6.11. The van der Waals surface area contributed by atoms with Gasteiger partial charge in [-0.25, -0.2) is 4.99 Å². The van der Waals surface area contributed by atoms with Crippen molar-refractivity contribution in [2.24, 2.45) is 10.7 Å². The fourth-order valence-corrected chi connectivity index (χ4v) is 3.43. The van der Waals surface area contributed by atoms with Gasteiger partial charge in [-0.2, -0.15) is 0 Å². The van der Waals surface area contributed by atoms with E-state index in [9.17, 15) is 5.11 Å². The van der Waals surface area contributed by atoms with E-state index in [2.05, 4.69) is 4.99 Å². The minimum atomic E-state index is -1.61. The monoisotopic (exact) mass is 362 g/mol. The van der Waals surface area contributed by atoms with E-state index in [0.29, 0.717) is 32.6 Å². The number of nitrogens with two attached hydrogens (primary N) is 1. The zero-order valence-electron chi connectivity index (χ0n) is 12.8. The number of hydrogen-bond donors (Lipinski definition) is 2. The molecule has 1 aliphatic heterocycles. The van der Waals surface area contributed by atoms with Crippen LogP contribution < -0.4 is 10.5 Å². The van der Waals surface area contributed by atoms with Crippen molar-refractivity contribution in [3.05, 3.63) is 57.6 Å². The Hall–Kier alpha value is -1.75. The Kier molecular flexibility index (Phi) is 3.71. The molecule has 0 radical (unpaired) electrons. The van der Waals surface area contributed by atoms with E-state index in [1.165, 1.54) is 0 Å². The van der Waals surface area contributed by atoms with Crippen molar-refractivity contribution in [1.29, 1.82) is 0 Å². The highest BCUT2D eigenvalue weighted by Gasteiger charge is 2.45. The average molecular weight is 363 g/mol. The van der Waals surface area contributed by atoms with Crippen LogP contribution in [0.5, 0.6) is 5.75 Å². The van der Waals surface area contributed by atoms with E-state index >= 15 is 0 Å². The second-order valence-electron chi connectivity index (χ2n) is 6.18. The summed E-state index contributed by atoms with van der Waals surface area (Å²) in [5, 5.41) is 12.5. The molecule has 1 saturated carbocycles. The third kappa shape index (κ3) is 2.37. The third-order valence-corrected chi connectivity index (χ3v) is 5.11. The van der Waals surface area contributed by atoms with Gasteiger partial charge < -0.3 is 15.6 Å². The highest BCUT2D eigenvalue weighted by molar-refractivity contribution is 6.31. The molecule has 2 aromatic carbocycles. The van der Waals surface area contributed by atoms with Gasteiger partial charge in [0.05, 0.1) is 11.8 Å². The zero-order chi connectivity index (χ0) is 16.9. The van der Waals surface area contributed by atoms with E-state index in [1.54, 1.807) is 36.4 Å². The molecule has 1 fully saturated rings. The van der Waals surface area contributed by atoms with Crippen LogP contribution in [0.1, 0.15) is 30.4 Å². The van der Waals surface area contributed by atoms with Crippen molar-refractivity contribution in [2.45, 2.75) is 31.0 Å². The van der Waals surface area contributed by atoms with Crippen LogP contribution in [0.3, 0.4) is 0 Å². The summed E-state index contributed by atoms with van der Waals surface area (Å²) in [6.45, 7) is 0. The molecule has 6 heteroatoms. The summed E-state index contributed by atoms with van der Waals surface area (Å²) in [6.07, 6.45) is 3.32. The third-order valence-electron chi connectivity index (χ3n) is 4.64. The number of rotatable bonds is 3. The largest absolute Gasteiger partial charge is 0.490 e. The molecule has 4 rings (SSSR count). The first kappa shape index (κ1) is 15.8. The van der Waals surface area contributed by atoms with E-state index in [-0.39, 0.29) is 11.9 Å². The summed E-state index contributed by atoms with van der Waals surface area (Å²) in [6, 6.07) is 10.3. The summed E-state index contributed by atoms with van der Waals surface area (Å²) < 4.78 is 6.05. The molecule has 1 heterocycles. The standard InChI is InChI=1S/C18H16Cl2N2O2/c19-10-4-6-15-13(8-10)18(23,17(21)22-15)14-9-11(20)5-7-16(14)24-12-2-1-3-12/h4-9,12,23H,1-3H2,(H2,21,22). The van der Waals surface area contributed by atoms with Crippen molar-refractivity contribution in [1.82, 2.24) is 0 Å². The predicted molar refractivity (Wildman–Crippen MR) is 95.5 cm³/mol. The molecule has 2 aliphatic rings. The maximum atomic E-state index is 11.5. The molecule has 0 aromatic heterocycles. The number of aliphatic imine (C=N–C) groups is 1. The number of nitrogens with zero attached hydrogens (tertiary/aromatic N) is 1. The van der Waals surface area contributed by atoms with Gasteiger partial charge in [0, 0.05) is 21.2 Å². The first-order chi connectivity index (χ1) is 11.5. The van der Waals surface area contributed by atoms with Gasteiger partial charge in [0.25, 0.3) is 0 Å². The summed E-state index contributed by atoms with van der Waals surface area (Å²) >= 11 is 12.3. The minimum absolute atomic E-state index is 0.0838. The fourth-order valence-electron chi connectivity index (χ4n) is 3.08. The van der Waals surface area contributed by atoms with Crippen molar-refractivity contribution in [3.8, 4) is 5.75 Å². The lowest BCUT2D eigenvalue weighted by atomic mass is 9.85. The predicted octanol–water partition coefficient (Wildman–Crippen LogP) is 4.16. The topological polar surface area (TPSA) is 67.8 Å². The minimum Gasteiger partial charge on any atom is -0.490 e. The first-order valence-corrected chi connectivity index (χ1v) is 8.58. The number of amidine groups is 1. The van der Waals surface area contributed by atoms with Gasteiger partial charge >= 0.3 is 0 Å². The quantitative estimate of drug-likeness (QED) is 0.860. The molecule has 24 heavy (non-hydrogen) atoms. The number of fused-ring (bicyclic) bond motifs is 1. The highest BCUT2D eigenvalue weighted by Crippen LogP contribution is 2.46. The van der Waals surface area contributed by atoms with E-state index in [0.717, 1.165) is 19.3 Å². The molecule has 0 bridgehead atoms. The molecule has 1 atom stereocenters. The lowest BCUT2D eigenvalue weighted by molar-refractivity contribution is 0.106. The van der Waals surface area contributed by atoms with E-state index in [1.807, 2.05) is 0 Å². The van der Waals surface area contributed by atoms with Gasteiger partial charge in [-0.1, -0.05) is 23.2 Å². The Labute approximate surface area is 149 Å². The smallest absolute Gasteiger partial charge is 0.178 e. The van der Waals surface area contributed by atoms with Gasteiger partial charge in [0.2, 0.25) is 0 Å². The normalized spacial score (nSPS) is 22.7. The van der Waals surface area contributed by atoms with Crippen LogP contribution in [0, 0.1) is 0 Å². The van der Waals surface area contributed by atoms with Crippen LogP contribution in [0.25, 0.3) is 0 Å². The Balaban J connectivity index is 1.87. The molecule has 0 saturated heterocycles. The highest BCUT2D eigenvalue weighted by atomic mass is 35.5. The van der Waals surface area contributed by atoms with E-state index < -0.39 is 5.60 Å². The SMILES string of the molecule is NC1=Nc2ccc(Cl)cc2C1(O)c1cc(Cl)ccc1OC1CCC1. The maximum Gasteiger partial charge on any atom is 0.178 e. The molecule has 4 nitrogen and oxygen atoms in total. The second-order valence-corrected chi connectivity index (χ2v) is 7.05. The molecule has 3 N–H and O–H groups in total. The molecular weight excluding hydrogens is 347 g/mol. The second kappa shape index (κ2) is 5.66. The lowest BCUT2D eigenvalue weighted by Crippen LogP contribution is -2.40. The van der Waals surface area contributed by atoms with Gasteiger partial charge in [-0.3, -0.25) is 0 Å². The number of benzene rings is 2. The number of halogens is 2. The zero-order valence-corrected chi connectivity index (χ0v) is 14.3. The lowest BCUT2D eigenvalue weighted by Gasteiger charge is -2.31. The Morgan fingerprint density at radius 3 is 2.42 bits per heavy atom. The summed E-state index contributed by atoms with van der Waals surface area (Å²) in [7, 11) is 0. The molecule has 1 aliphatic carbocycles. The van der Waals surface area contributed by atoms with Gasteiger partial charge in [0.1, 0.15) is 11.6 Å². The summed E-state index contributed by atoms with van der Waals surface area (Å²) in [4.78, 5) is 4.29. The number of aliphatic hydroxyl groups is 1. The molecular formula is C18H16Cl2N2O2. The fraction of sp³-hybridized carbons (Fsp3) is 0.278. The molecule has 2 aromatic rings. The number of hydrogen-bond acceptors (Lipinski definition) is 4. The molecule has 124 valence electrons. The Morgan fingerprint density at radius 2 is 1.75 bits per heavy atom. The van der Waals surface area contributed by atoms with Crippen LogP contribution in [-0.4, -0.2) is 17.0 Å². The molecule has 1 unspecified atom stereocenters. The maximum absolute atomic E-state index is 11.5. The van der Waals surface area contributed by atoms with Crippen LogP contribution in [0.4, 0.5) is 5.69 Å². The Bertz CT molecular complexity index is 849.